The molecule has 4 nitrogen and oxygen atoms in total. The first-order valence-electron chi connectivity index (χ1n) is 6.82. The van der Waals surface area contributed by atoms with Gasteiger partial charge in [0, 0.05) is 19.1 Å². The zero-order chi connectivity index (χ0) is 13.1. The summed E-state index contributed by atoms with van der Waals surface area (Å²) in [4.78, 5) is 2.34. The lowest BCUT2D eigenvalue weighted by atomic mass is 10.2. The van der Waals surface area contributed by atoms with E-state index in [0.717, 1.165) is 37.1 Å². The molecule has 1 saturated carbocycles. The van der Waals surface area contributed by atoms with E-state index in [-0.39, 0.29) is 0 Å². The Morgan fingerprint density at radius 1 is 1.21 bits per heavy atom. The van der Waals surface area contributed by atoms with E-state index in [1.54, 1.807) is 0 Å². The molecule has 0 amide bonds. The molecular weight excluding hydrogens is 258 g/mol. The molecule has 1 aromatic rings. The molecule has 0 atom stereocenters. The molecule has 1 saturated heterocycles. The third-order valence-corrected chi connectivity index (χ3v) is 3.64. The van der Waals surface area contributed by atoms with Gasteiger partial charge in [-0.3, -0.25) is 0 Å². The van der Waals surface area contributed by atoms with Crippen LogP contribution in [0.3, 0.4) is 0 Å². The number of rotatable bonds is 3. The van der Waals surface area contributed by atoms with Crippen LogP contribution in [0.4, 0.5) is 11.4 Å². The molecule has 1 aliphatic heterocycles. The highest BCUT2D eigenvalue weighted by Crippen LogP contribution is 2.26. The monoisotopic (exact) mass is 277 g/mol. The van der Waals surface area contributed by atoms with Gasteiger partial charge in [0.1, 0.15) is 0 Å². The van der Waals surface area contributed by atoms with Crippen LogP contribution in [0.1, 0.15) is 12.8 Å². The highest BCUT2D eigenvalue weighted by atomic mass is 32.1. The van der Waals surface area contributed by atoms with Gasteiger partial charge in [-0.1, -0.05) is 12.1 Å². The summed E-state index contributed by atoms with van der Waals surface area (Å²) in [5, 5.41) is 7.35. The molecule has 2 aliphatic rings. The van der Waals surface area contributed by atoms with E-state index in [9.17, 15) is 0 Å². The number of morpholine rings is 1. The summed E-state index contributed by atoms with van der Waals surface area (Å²) in [5.74, 6) is 0. The summed E-state index contributed by atoms with van der Waals surface area (Å²) in [6.07, 6.45) is 2.46. The van der Waals surface area contributed by atoms with Crippen molar-refractivity contribution in [1.82, 2.24) is 5.32 Å². The number of hydrogen-bond donors (Lipinski definition) is 2. The van der Waals surface area contributed by atoms with Gasteiger partial charge in [0.2, 0.25) is 0 Å². The predicted octanol–water partition coefficient (Wildman–Crippen LogP) is 1.97. The van der Waals surface area contributed by atoms with Crippen molar-refractivity contribution >= 4 is 28.7 Å². The van der Waals surface area contributed by atoms with Gasteiger partial charge in [0.25, 0.3) is 0 Å². The topological polar surface area (TPSA) is 36.5 Å². The smallest absolute Gasteiger partial charge is 0.171 e. The van der Waals surface area contributed by atoms with Crippen molar-refractivity contribution in [2.75, 3.05) is 36.5 Å². The van der Waals surface area contributed by atoms with E-state index in [2.05, 4.69) is 33.7 Å². The van der Waals surface area contributed by atoms with Crippen LogP contribution >= 0.6 is 12.2 Å². The van der Waals surface area contributed by atoms with Gasteiger partial charge in [-0.2, -0.15) is 0 Å². The summed E-state index contributed by atoms with van der Waals surface area (Å²) in [5.41, 5.74) is 2.27. The molecular formula is C14H19N3OS. The summed E-state index contributed by atoms with van der Waals surface area (Å²) in [7, 11) is 0. The van der Waals surface area contributed by atoms with Crippen LogP contribution in [0.25, 0.3) is 0 Å². The van der Waals surface area contributed by atoms with Crippen LogP contribution in [0.15, 0.2) is 24.3 Å². The third-order valence-electron chi connectivity index (χ3n) is 3.42. The Morgan fingerprint density at radius 2 is 1.95 bits per heavy atom. The highest BCUT2D eigenvalue weighted by molar-refractivity contribution is 7.80. The fourth-order valence-corrected chi connectivity index (χ4v) is 2.51. The van der Waals surface area contributed by atoms with E-state index < -0.39 is 0 Å². The Labute approximate surface area is 119 Å². The van der Waals surface area contributed by atoms with Gasteiger partial charge in [-0.25, -0.2) is 0 Å². The predicted molar refractivity (Wildman–Crippen MR) is 81.9 cm³/mol. The molecule has 2 fully saturated rings. The van der Waals surface area contributed by atoms with E-state index in [4.69, 9.17) is 17.0 Å². The summed E-state index contributed by atoms with van der Waals surface area (Å²) in [6.45, 7) is 3.45. The number of nitrogens with zero attached hydrogens (tertiary/aromatic N) is 1. The number of thiocarbonyl (C=S) groups is 1. The van der Waals surface area contributed by atoms with Gasteiger partial charge < -0.3 is 20.3 Å². The van der Waals surface area contributed by atoms with Crippen LogP contribution in [-0.4, -0.2) is 37.5 Å². The quantitative estimate of drug-likeness (QED) is 0.826. The van der Waals surface area contributed by atoms with Crippen molar-refractivity contribution in [3.05, 3.63) is 24.3 Å². The van der Waals surface area contributed by atoms with Crippen LogP contribution in [0.2, 0.25) is 0 Å². The van der Waals surface area contributed by atoms with Crippen LogP contribution in [0.5, 0.6) is 0 Å². The van der Waals surface area contributed by atoms with Crippen molar-refractivity contribution in [3.63, 3.8) is 0 Å². The number of hydrogen-bond acceptors (Lipinski definition) is 3. The first kappa shape index (κ1) is 12.7. The van der Waals surface area contributed by atoms with E-state index >= 15 is 0 Å². The lowest BCUT2D eigenvalue weighted by molar-refractivity contribution is 0.123. The lowest BCUT2D eigenvalue weighted by Gasteiger charge is -2.30. The Morgan fingerprint density at radius 3 is 2.68 bits per heavy atom. The third kappa shape index (κ3) is 3.36. The van der Waals surface area contributed by atoms with Crippen LogP contribution < -0.4 is 15.5 Å². The first-order chi connectivity index (χ1) is 9.33. The molecule has 1 aromatic carbocycles. The molecule has 19 heavy (non-hydrogen) atoms. The average molecular weight is 277 g/mol. The molecule has 0 unspecified atom stereocenters. The van der Waals surface area contributed by atoms with Crippen LogP contribution in [-0.2, 0) is 4.74 Å². The molecule has 0 radical (unpaired) electrons. The molecule has 2 N–H and O–H groups in total. The Hall–Kier alpha value is -1.33. The Balaban J connectivity index is 1.70. The number of anilines is 2. The number of nitrogens with one attached hydrogen (secondary N) is 2. The van der Waals surface area contributed by atoms with Crippen molar-refractivity contribution in [1.29, 1.82) is 0 Å². The van der Waals surface area contributed by atoms with Crippen LogP contribution in [0, 0.1) is 0 Å². The number of para-hydroxylation sites is 2. The second kappa shape index (κ2) is 5.75. The second-order valence-corrected chi connectivity index (χ2v) is 5.40. The molecule has 1 aliphatic carbocycles. The molecule has 102 valence electrons. The van der Waals surface area contributed by atoms with Crippen molar-refractivity contribution < 1.29 is 4.74 Å². The molecule has 0 spiro atoms. The second-order valence-electron chi connectivity index (χ2n) is 4.99. The summed E-state index contributed by atoms with van der Waals surface area (Å²) in [6, 6.07) is 8.88. The maximum atomic E-state index is 5.40. The molecule has 3 rings (SSSR count). The maximum Gasteiger partial charge on any atom is 0.171 e. The minimum absolute atomic E-state index is 0.579. The summed E-state index contributed by atoms with van der Waals surface area (Å²) < 4.78 is 5.40. The lowest BCUT2D eigenvalue weighted by Crippen LogP contribution is -2.37. The standard InChI is InChI=1S/C14H19N3OS/c19-14(15-11-5-6-11)16-12-3-1-2-4-13(12)17-7-9-18-10-8-17/h1-4,11H,5-10H2,(H2,15,16,19). The normalized spacial score (nSPS) is 19.1. The first-order valence-corrected chi connectivity index (χ1v) is 7.23. The minimum atomic E-state index is 0.579. The van der Waals surface area contributed by atoms with Gasteiger partial charge in [0.15, 0.2) is 5.11 Å². The molecule has 1 heterocycles. The van der Waals surface area contributed by atoms with Gasteiger partial charge in [0.05, 0.1) is 24.6 Å². The fraction of sp³-hybridized carbons (Fsp3) is 0.500. The average Bonchev–Trinajstić information content (AvgIpc) is 3.24. The maximum absolute atomic E-state index is 5.40. The fourth-order valence-electron chi connectivity index (χ4n) is 2.23. The SMILES string of the molecule is S=C(Nc1ccccc1N1CCOCC1)NC1CC1. The number of ether oxygens (including phenoxy) is 1. The van der Waals surface area contributed by atoms with Gasteiger partial charge >= 0.3 is 0 Å². The van der Waals surface area contributed by atoms with Crippen molar-refractivity contribution in [2.45, 2.75) is 18.9 Å². The molecule has 0 bridgehead atoms. The summed E-state index contributed by atoms with van der Waals surface area (Å²) >= 11 is 5.35. The minimum Gasteiger partial charge on any atom is -0.378 e. The zero-order valence-electron chi connectivity index (χ0n) is 10.9. The Kier molecular flexibility index (Phi) is 3.84. The number of benzene rings is 1. The van der Waals surface area contributed by atoms with Gasteiger partial charge in [-0.05, 0) is 37.2 Å². The molecule has 0 aromatic heterocycles. The highest BCUT2D eigenvalue weighted by Gasteiger charge is 2.22. The van der Waals surface area contributed by atoms with Gasteiger partial charge in [-0.15, -0.1) is 0 Å². The Bertz CT molecular complexity index is 456. The molecule has 5 heteroatoms. The van der Waals surface area contributed by atoms with E-state index in [0.29, 0.717) is 6.04 Å². The largest absolute Gasteiger partial charge is 0.378 e. The zero-order valence-corrected chi connectivity index (χ0v) is 11.7. The van der Waals surface area contributed by atoms with E-state index in [1.807, 2.05) is 6.07 Å². The van der Waals surface area contributed by atoms with Crippen molar-refractivity contribution in [3.8, 4) is 0 Å². The van der Waals surface area contributed by atoms with Crippen molar-refractivity contribution in [2.24, 2.45) is 0 Å². The van der Waals surface area contributed by atoms with E-state index in [1.165, 1.54) is 18.5 Å².